The summed E-state index contributed by atoms with van der Waals surface area (Å²) in [5.41, 5.74) is 0. The predicted octanol–water partition coefficient (Wildman–Crippen LogP) is 6.59. The number of ether oxygens (including phenoxy) is 2. The second-order valence-corrected chi connectivity index (χ2v) is 11.4. The van der Waals surface area contributed by atoms with E-state index < -0.39 is 13.9 Å². The average molecular weight is 566 g/mol. The summed E-state index contributed by atoms with van der Waals surface area (Å²) in [6.45, 7) is 3.97. The third-order valence-electron chi connectivity index (χ3n) is 6.52. The van der Waals surface area contributed by atoms with E-state index in [0.717, 1.165) is 51.5 Å². The molecular weight excluding hydrogens is 509 g/mol. The van der Waals surface area contributed by atoms with E-state index in [2.05, 4.69) is 21.5 Å². The Morgan fingerprint density at radius 2 is 1.29 bits per heavy atom. The predicted molar refractivity (Wildman–Crippen MR) is 151 cm³/mol. The summed E-state index contributed by atoms with van der Waals surface area (Å²) in [6.07, 6.45) is 21.5. The Balaban J connectivity index is 3.85. The molecule has 10 heteroatoms. The lowest BCUT2D eigenvalue weighted by Crippen LogP contribution is -2.35. The molecule has 0 aromatic carbocycles. The summed E-state index contributed by atoms with van der Waals surface area (Å²) in [5, 5.41) is 3.23. The molecule has 0 saturated carbocycles. The van der Waals surface area contributed by atoms with Crippen molar-refractivity contribution < 1.29 is 37.9 Å². The first-order valence-corrected chi connectivity index (χ1v) is 16.6. The molecule has 0 bridgehead atoms. The summed E-state index contributed by atoms with van der Waals surface area (Å²) in [4.78, 5) is 40.3. The van der Waals surface area contributed by atoms with Crippen LogP contribution in [0.4, 0.5) is 0 Å². The molecular formula is C28H56NO8P. The second-order valence-electron chi connectivity index (χ2n) is 10.2. The standard InChI is InChI=1S/C28H56NO8P/c1-2-3-4-5-6-9-12-15-18-21-28(31)37-27(25-36-38(32,33)34)24-29-22-19-16-13-10-7-8-11-14-17-20-23-35-26-30/h26-27,29H,2-25H2,1H3,(H2,32,33,34)/t27-/m0/s1. The number of carbonyl (C=O) groups excluding carboxylic acids is 2. The average Bonchev–Trinajstić information content (AvgIpc) is 2.88. The number of hydrogen-bond acceptors (Lipinski definition) is 7. The van der Waals surface area contributed by atoms with Gasteiger partial charge in [0.15, 0.2) is 0 Å². The minimum Gasteiger partial charge on any atom is -0.468 e. The van der Waals surface area contributed by atoms with Crippen molar-refractivity contribution in [3.8, 4) is 0 Å². The van der Waals surface area contributed by atoms with Gasteiger partial charge in [-0.05, 0) is 25.8 Å². The lowest BCUT2D eigenvalue weighted by atomic mass is 10.1. The van der Waals surface area contributed by atoms with Gasteiger partial charge in [-0.25, -0.2) is 4.57 Å². The maximum Gasteiger partial charge on any atom is 0.469 e. The van der Waals surface area contributed by atoms with Gasteiger partial charge in [0.05, 0.1) is 13.2 Å². The Labute approximate surface area is 231 Å². The molecule has 0 unspecified atom stereocenters. The van der Waals surface area contributed by atoms with E-state index in [4.69, 9.17) is 14.5 Å². The van der Waals surface area contributed by atoms with Crippen LogP contribution in [-0.2, 0) is 28.2 Å². The summed E-state index contributed by atoms with van der Waals surface area (Å²) < 4.78 is 25.8. The third-order valence-corrected chi connectivity index (χ3v) is 7.00. The highest BCUT2D eigenvalue weighted by Crippen LogP contribution is 2.35. The molecule has 0 saturated heterocycles. The molecule has 0 spiro atoms. The summed E-state index contributed by atoms with van der Waals surface area (Å²) in [5.74, 6) is -0.344. The van der Waals surface area contributed by atoms with Crippen molar-refractivity contribution in [3.05, 3.63) is 0 Å². The Bertz CT molecular complexity index is 587. The zero-order valence-corrected chi connectivity index (χ0v) is 24.8. The number of hydrogen-bond donors (Lipinski definition) is 3. The third kappa shape index (κ3) is 29.6. The van der Waals surface area contributed by atoms with Gasteiger partial charge < -0.3 is 24.6 Å². The number of carbonyl (C=O) groups is 2. The molecule has 0 aliphatic rings. The maximum absolute atomic E-state index is 12.2. The van der Waals surface area contributed by atoms with Gasteiger partial charge in [-0.15, -0.1) is 0 Å². The molecule has 0 radical (unpaired) electrons. The van der Waals surface area contributed by atoms with Gasteiger partial charge in [-0.2, -0.15) is 0 Å². The fraction of sp³-hybridized carbons (Fsp3) is 0.929. The SMILES string of the molecule is CCCCCCCCCCCC(=O)O[C@@H](CNCCCCCCCCCCCCOC=O)COP(=O)(O)O. The smallest absolute Gasteiger partial charge is 0.468 e. The topological polar surface area (TPSA) is 131 Å². The summed E-state index contributed by atoms with van der Waals surface area (Å²) in [6, 6.07) is 0. The van der Waals surface area contributed by atoms with Gasteiger partial charge in [0.25, 0.3) is 6.47 Å². The molecule has 1 atom stereocenters. The Morgan fingerprint density at radius 3 is 1.82 bits per heavy atom. The van der Waals surface area contributed by atoms with E-state index in [-0.39, 0.29) is 12.6 Å². The monoisotopic (exact) mass is 565 g/mol. The number of esters is 1. The van der Waals surface area contributed by atoms with Gasteiger partial charge in [-0.3, -0.25) is 14.1 Å². The quantitative estimate of drug-likeness (QED) is 0.0382. The Hall–Kier alpha value is -0.990. The highest BCUT2D eigenvalue weighted by atomic mass is 31.2. The molecule has 38 heavy (non-hydrogen) atoms. The number of phosphoric ester groups is 1. The molecule has 0 aromatic rings. The molecule has 0 amide bonds. The minimum atomic E-state index is -4.62. The van der Waals surface area contributed by atoms with E-state index in [0.29, 0.717) is 26.0 Å². The van der Waals surface area contributed by atoms with Crippen molar-refractivity contribution in [1.29, 1.82) is 0 Å². The van der Waals surface area contributed by atoms with E-state index in [1.807, 2.05) is 0 Å². The van der Waals surface area contributed by atoms with Crippen LogP contribution in [0.2, 0.25) is 0 Å². The van der Waals surface area contributed by atoms with Crippen molar-refractivity contribution >= 4 is 20.3 Å². The van der Waals surface area contributed by atoms with E-state index >= 15 is 0 Å². The molecule has 0 aliphatic carbocycles. The van der Waals surface area contributed by atoms with Crippen molar-refractivity contribution in [2.24, 2.45) is 0 Å². The van der Waals surface area contributed by atoms with Crippen molar-refractivity contribution in [3.63, 3.8) is 0 Å². The fourth-order valence-corrected chi connectivity index (χ4v) is 4.66. The second kappa shape index (κ2) is 27.6. The largest absolute Gasteiger partial charge is 0.469 e. The minimum absolute atomic E-state index is 0.307. The maximum atomic E-state index is 12.2. The van der Waals surface area contributed by atoms with Crippen LogP contribution in [0.15, 0.2) is 0 Å². The molecule has 0 aromatic heterocycles. The van der Waals surface area contributed by atoms with Crippen LogP contribution in [-0.4, -0.2) is 54.6 Å². The van der Waals surface area contributed by atoms with E-state index in [9.17, 15) is 14.2 Å². The zero-order chi connectivity index (χ0) is 28.2. The van der Waals surface area contributed by atoms with Gasteiger partial charge in [0.1, 0.15) is 6.10 Å². The highest BCUT2D eigenvalue weighted by molar-refractivity contribution is 7.46. The van der Waals surface area contributed by atoms with Crippen molar-refractivity contribution in [1.82, 2.24) is 5.32 Å². The molecule has 0 fully saturated rings. The van der Waals surface area contributed by atoms with Gasteiger partial charge >= 0.3 is 13.8 Å². The van der Waals surface area contributed by atoms with Crippen LogP contribution in [0.3, 0.4) is 0 Å². The first-order chi connectivity index (χ1) is 18.4. The van der Waals surface area contributed by atoms with Crippen LogP contribution in [0.25, 0.3) is 0 Å². The van der Waals surface area contributed by atoms with Crippen molar-refractivity contribution in [2.45, 2.75) is 141 Å². The van der Waals surface area contributed by atoms with Gasteiger partial charge in [-0.1, -0.05) is 110 Å². The molecule has 9 nitrogen and oxygen atoms in total. The molecule has 226 valence electrons. The number of phosphoric acid groups is 1. The van der Waals surface area contributed by atoms with Crippen molar-refractivity contribution in [2.75, 3.05) is 26.3 Å². The summed E-state index contributed by atoms with van der Waals surface area (Å²) >= 11 is 0. The first kappa shape index (κ1) is 37.0. The van der Waals surface area contributed by atoms with Gasteiger partial charge in [0.2, 0.25) is 0 Å². The first-order valence-electron chi connectivity index (χ1n) is 15.0. The van der Waals surface area contributed by atoms with Crippen LogP contribution < -0.4 is 5.32 Å². The van der Waals surface area contributed by atoms with Crippen LogP contribution in [0.5, 0.6) is 0 Å². The zero-order valence-electron chi connectivity index (χ0n) is 23.9. The number of nitrogens with one attached hydrogen (secondary N) is 1. The van der Waals surface area contributed by atoms with E-state index in [1.165, 1.54) is 77.0 Å². The molecule has 0 rings (SSSR count). The number of rotatable bonds is 30. The fourth-order valence-electron chi connectivity index (χ4n) is 4.30. The summed E-state index contributed by atoms with van der Waals surface area (Å²) in [7, 11) is -4.62. The Morgan fingerprint density at radius 1 is 0.789 bits per heavy atom. The van der Waals surface area contributed by atoms with E-state index in [1.54, 1.807) is 0 Å². The lowest BCUT2D eigenvalue weighted by molar-refractivity contribution is -0.150. The molecule has 3 N–H and O–H groups in total. The highest BCUT2D eigenvalue weighted by Gasteiger charge is 2.21. The Kier molecular flexibility index (Phi) is 26.9. The van der Waals surface area contributed by atoms with Crippen LogP contribution >= 0.6 is 7.82 Å². The lowest BCUT2D eigenvalue weighted by Gasteiger charge is -2.19. The molecule has 0 heterocycles. The van der Waals surface area contributed by atoms with Gasteiger partial charge in [0, 0.05) is 13.0 Å². The number of unbranched alkanes of at least 4 members (excludes halogenated alkanes) is 17. The molecule has 0 aliphatic heterocycles. The normalized spacial score (nSPS) is 12.4. The van der Waals surface area contributed by atoms with Crippen LogP contribution in [0.1, 0.15) is 135 Å². The van der Waals surface area contributed by atoms with Crippen LogP contribution in [0, 0.1) is 0 Å².